The Morgan fingerprint density at radius 3 is 2.32 bits per heavy atom. The highest BCUT2D eigenvalue weighted by atomic mass is 16.6. The first kappa shape index (κ1) is 16.1. The van der Waals surface area contributed by atoms with E-state index in [2.05, 4.69) is 5.32 Å². The van der Waals surface area contributed by atoms with Crippen molar-refractivity contribution >= 4 is 17.3 Å². The van der Waals surface area contributed by atoms with Crippen LogP contribution in [0.1, 0.15) is 6.42 Å². The van der Waals surface area contributed by atoms with E-state index in [-0.39, 0.29) is 11.6 Å². The number of carbonyl (C=O) groups is 1. The molecular weight excluding hydrogens is 286 g/mol. The first-order chi connectivity index (χ1) is 10.7. The number of ether oxygens (including phenoxy) is 1. The number of anilines is 1. The molecule has 1 fully saturated rings. The molecule has 7 heteroatoms. The SMILES string of the molecule is C1COCCN1.O=C1C=CCCN1c1ccc([N+](=O)[O-])cc1. The minimum Gasteiger partial charge on any atom is -0.379 e. The number of hydrogen-bond acceptors (Lipinski definition) is 5. The van der Waals surface area contributed by atoms with E-state index in [4.69, 9.17) is 4.74 Å². The Hall–Kier alpha value is -2.25. The normalized spacial score (nSPS) is 17.6. The maximum Gasteiger partial charge on any atom is 0.269 e. The van der Waals surface area contributed by atoms with Crippen LogP contribution in [0.15, 0.2) is 36.4 Å². The Balaban J connectivity index is 0.000000246. The second kappa shape index (κ2) is 8.26. The second-order valence-electron chi connectivity index (χ2n) is 4.82. The number of benzene rings is 1. The van der Waals surface area contributed by atoms with Crippen molar-refractivity contribution in [2.75, 3.05) is 37.7 Å². The lowest BCUT2D eigenvalue weighted by atomic mass is 10.2. The zero-order chi connectivity index (χ0) is 15.8. The fourth-order valence-electron chi connectivity index (χ4n) is 2.11. The Bertz CT molecular complexity index is 527. The summed E-state index contributed by atoms with van der Waals surface area (Å²) in [7, 11) is 0. The highest BCUT2D eigenvalue weighted by Gasteiger charge is 2.16. The molecular formula is C15H19N3O4. The van der Waals surface area contributed by atoms with Crippen LogP contribution in [0.4, 0.5) is 11.4 Å². The lowest BCUT2D eigenvalue weighted by Crippen LogP contribution is -2.32. The molecule has 0 atom stereocenters. The number of nitrogens with zero attached hydrogens (tertiary/aromatic N) is 2. The van der Waals surface area contributed by atoms with E-state index in [1.54, 1.807) is 17.0 Å². The van der Waals surface area contributed by atoms with E-state index in [0.717, 1.165) is 32.7 Å². The summed E-state index contributed by atoms with van der Waals surface area (Å²) < 4.78 is 5.01. The average molecular weight is 305 g/mol. The van der Waals surface area contributed by atoms with Crippen LogP contribution in [-0.2, 0) is 9.53 Å². The van der Waals surface area contributed by atoms with E-state index < -0.39 is 4.92 Å². The molecule has 1 saturated heterocycles. The molecule has 2 aliphatic heterocycles. The minimum atomic E-state index is -0.457. The van der Waals surface area contributed by atoms with Crippen LogP contribution in [0, 0.1) is 10.1 Å². The van der Waals surface area contributed by atoms with Crippen molar-refractivity contribution in [3.63, 3.8) is 0 Å². The van der Waals surface area contributed by atoms with Gasteiger partial charge in [-0.3, -0.25) is 14.9 Å². The van der Waals surface area contributed by atoms with Crippen molar-refractivity contribution in [2.24, 2.45) is 0 Å². The molecule has 0 unspecified atom stereocenters. The van der Waals surface area contributed by atoms with Crippen LogP contribution in [0.5, 0.6) is 0 Å². The maximum atomic E-state index is 11.5. The summed E-state index contributed by atoms with van der Waals surface area (Å²) in [5.74, 6) is -0.0832. The molecule has 7 nitrogen and oxygen atoms in total. The maximum absolute atomic E-state index is 11.5. The van der Waals surface area contributed by atoms with Gasteiger partial charge in [0.1, 0.15) is 0 Å². The van der Waals surface area contributed by atoms with Crippen molar-refractivity contribution < 1.29 is 14.5 Å². The van der Waals surface area contributed by atoms with Gasteiger partial charge in [0.15, 0.2) is 0 Å². The van der Waals surface area contributed by atoms with Crippen molar-refractivity contribution in [2.45, 2.75) is 6.42 Å². The molecule has 1 aromatic carbocycles. The van der Waals surface area contributed by atoms with Crippen LogP contribution in [0.2, 0.25) is 0 Å². The highest BCUT2D eigenvalue weighted by molar-refractivity contribution is 6.02. The standard InChI is InChI=1S/C11H10N2O3.C4H9NO/c14-11-3-1-2-8-12(11)9-4-6-10(7-5-9)13(15)16;1-3-6-4-2-5-1/h1,3-7H,2,8H2;5H,1-4H2. The van der Waals surface area contributed by atoms with E-state index in [1.165, 1.54) is 18.2 Å². The van der Waals surface area contributed by atoms with Gasteiger partial charge < -0.3 is 15.0 Å². The summed E-state index contributed by atoms with van der Waals surface area (Å²) in [6.45, 7) is 4.45. The van der Waals surface area contributed by atoms with Gasteiger partial charge in [0.05, 0.1) is 18.1 Å². The van der Waals surface area contributed by atoms with Gasteiger partial charge >= 0.3 is 0 Å². The van der Waals surface area contributed by atoms with Gasteiger partial charge in [-0.25, -0.2) is 0 Å². The smallest absolute Gasteiger partial charge is 0.269 e. The quantitative estimate of drug-likeness (QED) is 0.661. The molecule has 0 aromatic heterocycles. The zero-order valence-corrected chi connectivity index (χ0v) is 12.2. The molecule has 2 aliphatic rings. The number of carbonyl (C=O) groups excluding carboxylic acids is 1. The summed E-state index contributed by atoms with van der Waals surface area (Å²) >= 11 is 0. The first-order valence-corrected chi connectivity index (χ1v) is 7.19. The zero-order valence-electron chi connectivity index (χ0n) is 12.2. The van der Waals surface area contributed by atoms with Gasteiger partial charge in [-0.2, -0.15) is 0 Å². The van der Waals surface area contributed by atoms with Crippen molar-refractivity contribution in [1.82, 2.24) is 5.32 Å². The number of nitro groups is 1. The van der Waals surface area contributed by atoms with Crippen molar-refractivity contribution in [1.29, 1.82) is 0 Å². The van der Waals surface area contributed by atoms with E-state index in [9.17, 15) is 14.9 Å². The predicted octanol–water partition coefficient (Wildman–Crippen LogP) is 1.49. The molecule has 1 amide bonds. The Kier molecular flexibility index (Phi) is 6.05. The molecule has 1 aromatic rings. The summed E-state index contributed by atoms with van der Waals surface area (Å²) in [6, 6.07) is 5.99. The van der Waals surface area contributed by atoms with E-state index >= 15 is 0 Å². The summed E-state index contributed by atoms with van der Waals surface area (Å²) in [5.41, 5.74) is 0.726. The average Bonchev–Trinajstić information content (AvgIpc) is 2.57. The Labute approximate surface area is 128 Å². The van der Waals surface area contributed by atoms with Crippen molar-refractivity contribution in [3.8, 4) is 0 Å². The van der Waals surface area contributed by atoms with Gasteiger partial charge in [0, 0.05) is 37.5 Å². The molecule has 0 bridgehead atoms. The topological polar surface area (TPSA) is 84.7 Å². The summed E-state index contributed by atoms with van der Waals surface area (Å²) in [4.78, 5) is 23.1. The molecule has 0 aliphatic carbocycles. The van der Waals surface area contributed by atoms with Gasteiger partial charge in [0.25, 0.3) is 11.6 Å². The Morgan fingerprint density at radius 2 is 1.86 bits per heavy atom. The molecule has 3 rings (SSSR count). The van der Waals surface area contributed by atoms with Crippen LogP contribution >= 0.6 is 0 Å². The number of hydrogen-bond donors (Lipinski definition) is 1. The number of nitro benzene ring substituents is 1. The number of nitrogens with one attached hydrogen (secondary N) is 1. The number of non-ortho nitro benzene ring substituents is 1. The van der Waals surface area contributed by atoms with Gasteiger partial charge in [-0.1, -0.05) is 6.08 Å². The first-order valence-electron chi connectivity index (χ1n) is 7.19. The van der Waals surface area contributed by atoms with E-state index in [0.29, 0.717) is 12.2 Å². The van der Waals surface area contributed by atoms with Gasteiger partial charge in [-0.15, -0.1) is 0 Å². The molecule has 118 valence electrons. The lowest BCUT2D eigenvalue weighted by molar-refractivity contribution is -0.384. The highest BCUT2D eigenvalue weighted by Crippen LogP contribution is 2.21. The lowest BCUT2D eigenvalue weighted by Gasteiger charge is -2.23. The summed E-state index contributed by atoms with van der Waals surface area (Å²) in [6.07, 6.45) is 4.15. The number of amides is 1. The monoisotopic (exact) mass is 305 g/mol. The molecule has 22 heavy (non-hydrogen) atoms. The predicted molar refractivity (Wildman–Crippen MR) is 82.9 cm³/mol. The van der Waals surface area contributed by atoms with Crippen LogP contribution in [-0.4, -0.2) is 43.7 Å². The Morgan fingerprint density at radius 1 is 1.18 bits per heavy atom. The summed E-state index contributed by atoms with van der Waals surface area (Å²) in [5, 5.41) is 13.6. The van der Waals surface area contributed by atoms with Gasteiger partial charge in [0.2, 0.25) is 0 Å². The van der Waals surface area contributed by atoms with Crippen LogP contribution in [0.25, 0.3) is 0 Å². The minimum absolute atomic E-state index is 0.0313. The van der Waals surface area contributed by atoms with Crippen LogP contribution < -0.4 is 10.2 Å². The van der Waals surface area contributed by atoms with E-state index in [1.807, 2.05) is 6.08 Å². The molecule has 0 radical (unpaired) electrons. The fraction of sp³-hybridized carbons (Fsp3) is 0.400. The third-order valence-electron chi connectivity index (χ3n) is 3.26. The molecule has 2 heterocycles. The largest absolute Gasteiger partial charge is 0.379 e. The third kappa shape index (κ3) is 4.64. The van der Waals surface area contributed by atoms with Crippen molar-refractivity contribution in [3.05, 3.63) is 46.5 Å². The van der Waals surface area contributed by atoms with Crippen LogP contribution in [0.3, 0.4) is 0 Å². The molecule has 0 spiro atoms. The molecule has 0 saturated carbocycles. The fourth-order valence-corrected chi connectivity index (χ4v) is 2.11. The molecule has 1 N–H and O–H groups in total. The third-order valence-corrected chi connectivity index (χ3v) is 3.26. The second-order valence-corrected chi connectivity index (χ2v) is 4.82. The number of morpholine rings is 1. The van der Waals surface area contributed by atoms with Gasteiger partial charge in [-0.05, 0) is 24.6 Å². The number of rotatable bonds is 2.